The van der Waals surface area contributed by atoms with Crippen LogP contribution in [0.25, 0.3) is 5.70 Å². The molecule has 0 bridgehead atoms. The molecular formula is C33H43N7. The van der Waals surface area contributed by atoms with Crippen molar-refractivity contribution in [2.24, 2.45) is 0 Å². The first-order valence-corrected chi connectivity index (χ1v) is 14.3. The molecular weight excluding hydrogens is 494 g/mol. The number of benzene rings is 1. The molecule has 7 N–H and O–H groups in total. The van der Waals surface area contributed by atoms with E-state index in [1.807, 2.05) is 43.3 Å². The predicted molar refractivity (Wildman–Crippen MR) is 169 cm³/mol. The molecule has 2 heterocycles. The Bertz CT molecular complexity index is 1340. The van der Waals surface area contributed by atoms with Gasteiger partial charge < -0.3 is 22.1 Å². The predicted octanol–water partition coefficient (Wildman–Crippen LogP) is 6.64. The van der Waals surface area contributed by atoms with Gasteiger partial charge in [-0.1, -0.05) is 62.3 Å². The lowest BCUT2D eigenvalue weighted by Gasteiger charge is -2.26. The summed E-state index contributed by atoms with van der Waals surface area (Å²) in [5, 5.41) is 15.9. The summed E-state index contributed by atoms with van der Waals surface area (Å²) in [5.41, 5.74) is 18.3. The molecule has 1 unspecified atom stereocenters. The van der Waals surface area contributed by atoms with Crippen LogP contribution in [0.2, 0.25) is 0 Å². The van der Waals surface area contributed by atoms with Crippen molar-refractivity contribution in [3.8, 4) is 0 Å². The topological polar surface area (TPSA) is 126 Å². The Morgan fingerprint density at radius 3 is 2.52 bits per heavy atom. The molecule has 0 radical (unpaired) electrons. The number of nitrogens with two attached hydrogens (primary N) is 2. The molecule has 0 spiro atoms. The Morgan fingerprint density at radius 1 is 1.07 bits per heavy atom. The van der Waals surface area contributed by atoms with Gasteiger partial charge in [0.05, 0.1) is 11.3 Å². The van der Waals surface area contributed by atoms with Crippen LogP contribution in [0.3, 0.4) is 0 Å². The van der Waals surface area contributed by atoms with Crippen LogP contribution in [0, 0.1) is 12.3 Å². The Labute approximate surface area is 238 Å². The van der Waals surface area contributed by atoms with E-state index in [1.54, 1.807) is 12.4 Å². The fourth-order valence-electron chi connectivity index (χ4n) is 5.25. The van der Waals surface area contributed by atoms with Crippen molar-refractivity contribution in [1.82, 2.24) is 15.3 Å². The van der Waals surface area contributed by atoms with Gasteiger partial charge in [0.2, 0.25) is 0 Å². The Balaban J connectivity index is 1.35. The molecule has 1 fully saturated rings. The van der Waals surface area contributed by atoms with Crippen LogP contribution >= 0.6 is 0 Å². The number of aromatic nitrogens is 2. The second-order valence-electron chi connectivity index (χ2n) is 10.9. The molecule has 1 aliphatic carbocycles. The summed E-state index contributed by atoms with van der Waals surface area (Å²) in [5.74, 6) is 1.00. The lowest BCUT2D eigenvalue weighted by atomic mass is 9.94. The summed E-state index contributed by atoms with van der Waals surface area (Å²) in [7, 11) is 0. The second-order valence-corrected chi connectivity index (χ2v) is 10.9. The number of aryl methyl sites for hydroxylation is 1. The third kappa shape index (κ3) is 7.79. The zero-order valence-electron chi connectivity index (χ0n) is 23.8. The molecule has 2 aromatic heterocycles. The van der Waals surface area contributed by atoms with E-state index >= 15 is 0 Å². The quantitative estimate of drug-likeness (QED) is 0.130. The van der Waals surface area contributed by atoms with E-state index in [0.29, 0.717) is 35.3 Å². The summed E-state index contributed by atoms with van der Waals surface area (Å²) in [6.07, 6.45) is 17.3. The summed E-state index contributed by atoms with van der Waals surface area (Å²) in [6, 6.07) is 12.7. The molecule has 7 nitrogen and oxygen atoms in total. The van der Waals surface area contributed by atoms with Gasteiger partial charge in [-0.15, -0.1) is 0 Å². The van der Waals surface area contributed by atoms with Crippen molar-refractivity contribution in [2.75, 3.05) is 16.8 Å². The Kier molecular flexibility index (Phi) is 10.1. The number of nitrogens with one attached hydrogen (secondary N) is 3. The molecule has 1 atom stereocenters. The molecule has 7 heteroatoms. The Morgan fingerprint density at radius 2 is 1.80 bits per heavy atom. The fraction of sp³-hybridized carbons (Fsp3) is 0.364. The minimum atomic E-state index is 0.251. The van der Waals surface area contributed by atoms with Gasteiger partial charge in [0, 0.05) is 41.4 Å². The molecule has 0 amide bonds. The molecule has 0 saturated heterocycles. The third-order valence-electron chi connectivity index (χ3n) is 7.59. The standard InChI is InChI=1S/C33H43N7/c1-22-18-19-37-29(20-22)40-24(3)25-14-16-26(17-15-25)31(34)30-32(35)27(21-38-33(30)36)11-7-4-6-10-23(2)39-28-12-8-5-9-13-28/h4,7,14-21,23,28,34,39H,3,5-6,8-13H2,1-2H3,(H,37,40)(H4,35,36,38)/b7-4+,34-31?. The molecule has 1 aromatic carbocycles. The zero-order valence-corrected chi connectivity index (χ0v) is 23.8. The first-order valence-electron chi connectivity index (χ1n) is 14.3. The lowest BCUT2D eigenvalue weighted by molar-refractivity contribution is 0.337. The van der Waals surface area contributed by atoms with Gasteiger partial charge in [0.25, 0.3) is 0 Å². The van der Waals surface area contributed by atoms with Crippen LogP contribution < -0.4 is 22.1 Å². The van der Waals surface area contributed by atoms with Crippen LogP contribution in [0.15, 0.2) is 67.5 Å². The average Bonchev–Trinajstić information content (AvgIpc) is 2.94. The lowest BCUT2D eigenvalue weighted by Crippen LogP contribution is -2.37. The highest BCUT2D eigenvalue weighted by Gasteiger charge is 2.17. The maximum atomic E-state index is 8.85. The maximum Gasteiger partial charge on any atom is 0.134 e. The van der Waals surface area contributed by atoms with Crippen LogP contribution in [0.5, 0.6) is 0 Å². The number of nitrogen functional groups attached to an aromatic ring is 2. The van der Waals surface area contributed by atoms with Gasteiger partial charge >= 0.3 is 0 Å². The average molecular weight is 538 g/mol. The van der Waals surface area contributed by atoms with E-state index in [1.165, 1.54) is 32.1 Å². The van der Waals surface area contributed by atoms with Gasteiger partial charge in [0.15, 0.2) is 0 Å². The van der Waals surface area contributed by atoms with E-state index in [0.717, 1.165) is 41.0 Å². The van der Waals surface area contributed by atoms with Crippen LogP contribution in [-0.4, -0.2) is 27.8 Å². The number of anilines is 3. The van der Waals surface area contributed by atoms with E-state index in [-0.39, 0.29) is 11.5 Å². The van der Waals surface area contributed by atoms with Crippen LogP contribution in [0.4, 0.5) is 17.3 Å². The van der Waals surface area contributed by atoms with Crippen molar-refractivity contribution in [3.63, 3.8) is 0 Å². The number of hydrogen-bond acceptors (Lipinski definition) is 7. The molecule has 1 aliphatic rings. The molecule has 210 valence electrons. The van der Waals surface area contributed by atoms with Gasteiger partial charge in [-0.05, 0) is 74.8 Å². The van der Waals surface area contributed by atoms with Crippen molar-refractivity contribution in [3.05, 3.63) is 95.3 Å². The Hall–Kier alpha value is -3.97. The molecule has 1 saturated carbocycles. The largest absolute Gasteiger partial charge is 0.398 e. The normalized spacial score (nSPS) is 14.8. The summed E-state index contributed by atoms with van der Waals surface area (Å²) >= 11 is 0. The summed E-state index contributed by atoms with van der Waals surface area (Å²) < 4.78 is 0. The smallest absolute Gasteiger partial charge is 0.134 e. The second kappa shape index (κ2) is 13.9. The number of allylic oxidation sites excluding steroid dienone is 2. The zero-order chi connectivity index (χ0) is 28.5. The van der Waals surface area contributed by atoms with Crippen molar-refractivity contribution >= 4 is 28.7 Å². The molecule has 0 aliphatic heterocycles. The van der Waals surface area contributed by atoms with Gasteiger partial charge in [-0.3, -0.25) is 5.41 Å². The summed E-state index contributed by atoms with van der Waals surface area (Å²) in [6.45, 7) is 8.43. The molecule has 40 heavy (non-hydrogen) atoms. The summed E-state index contributed by atoms with van der Waals surface area (Å²) in [4.78, 5) is 8.69. The van der Waals surface area contributed by atoms with Crippen molar-refractivity contribution in [1.29, 1.82) is 5.41 Å². The van der Waals surface area contributed by atoms with E-state index < -0.39 is 0 Å². The van der Waals surface area contributed by atoms with E-state index in [4.69, 9.17) is 16.9 Å². The van der Waals surface area contributed by atoms with Gasteiger partial charge in [-0.25, -0.2) is 9.97 Å². The van der Waals surface area contributed by atoms with E-state index in [2.05, 4.69) is 46.3 Å². The van der Waals surface area contributed by atoms with E-state index in [9.17, 15) is 0 Å². The third-order valence-corrected chi connectivity index (χ3v) is 7.59. The maximum absolute atomic E-state index is 8.85. The van der Waals surface area contributed by atoms with Gasteiger partial charge in [0.1, 0.15) is 11.6 Å². The van der Waals surface area contributed by atoms with Gasteiger partial charge in [-0.2, -0.15) is 0 Å². The monoisotopic (exact) mass is 537 g/mol. The molecule has 4 rings (SSSR count). The first kappa shape index (κ1) is 29.0. The first-order chi connectivity index (χ1) is 19.3. The highest BCUT2D eigenvalue weighted by molar-refractivity contribution is 6.16. The fourth-order valence-corrected chi connectivity index (χ4v) is 5.25. The van der Waals surface area contributed by atoms with Crippen molar-refractivity contribution in [2.45, 2.75) is 77.3 Å². The van der Waals surface area contributed by atoms with Crippen LogP contribution in [0.1, 0.15) is 79.7 Å². The minimum Gasteiger partial charge on any atom is -0.398 e. The minimum absolute atomic E-state index is 0.251. The number of nitrogens with zero attached hydrogens (tertiary/aromatic N) is 2. The SMILES string of the molecule is C=C(Nc1cc(C)ccn1)c1ccc(C(=N)c2c(N)ncc(C/C=C/CCC(C)NC3CCCCC3)c2N)cc1. The molecule has 3 aromatic rings. The number of hydrogen-bond donors (Lipinski definition) is 5. The van der Waals surface area contributed by atoms with Crippen LogP contribution in [-0.2, 0) is 6.42 Å². The number of rotatable bonds is 12. The highest BCUT2D eigenvalue weighted by atomic mass is 15.0. The highest BCUT2D eigenvalue weighted by Crippen LogP contribution is 2.26. The number of pyridine rings is 2. The van der Waals surface area contributed by atoms with Crippen molar-refractivity contribution < 1.29 is 0 Å².